The van der Waals surface area contributed by atoms with Crippen LogP contribution in [0.4, 0.5) is 0 Å². The number of esters is 1. The van der Waals surface area contributed by atoms with Gasteiger partial charge in [0.25, 0.3) is 0 Å². The van der Waals surface area contributed by atoms with E-state index in [2.05, 4.69) is 31.3 Å². The number of rotatable bonds is 49. The zero-order valence-electron chi connectivity index (χ0n) is 39.7. The van der Waals surface area contributed by atoms with E-state index in [1.54, 1.807) is 0 Å². The standard InChI is InChI=1S/C53H103NO5/c1-3-5-7-9-11-13-15-23-27-31-35-39-43-47-53(58)59-48-44-40-36-32-28-25-22-20-18-16-17-19-21-24-26-30-34-38-42-46-52(57)54-50(49-55)51(56)45-41-37-33-29-14-12-10-8-6-4-2/h16-17,50-51,55-56H,3-15,18-49H2,1-2H3,(H,54,57)/b17-16-. The number of aliphatic hydroxyl groups is 2. The molecular weight excluding hydrogens is 731 g/mol. The summed E-state index contributed by atoms with van der Waals surface area (Å²) in [5, 5.41) is 23.1. The highest BCUT2D eigenvalue weighted by atomic mass is 16.5. The summed E-state index contributed by atoms with van der Waals surface area (Å²) in [6, 6.07) is -0.545. The highest BCUT2D eigenvalue weighted by Gasteiger charge is 2.20. The molecule has 0 fully saturated rings. The highest BCUT2D eigenvalue weighted by Crippen LogP contribution is 2.16. The summed E-state index contributed by atoms with van der Waals surface area (Å²) in [7, 11) is 0. The first-order valence-corrected chi connectivity index (χ1v) is 26.4. The number of amides is 1. The number of aliphatic hydroxyl groups excluding tert-OH is 2. The zero-order chi connectivity index (χ0) is 43.0. The summed E-state index contributed by atoms with van der Waals surface area (Å²) < 4.78 is 5.46. The number of unbranched alkanes of at least 4 members (excludes halogenated alkanes) is 36. The SMILES string of the molecule is CCCCCCCCCCCCCCCC(=O)OCCCCCCCCCC/C=C\CCCCCCCCCC(=O)NC(CO)C(O)CCCCCCCCCCCC. The minimum absolute atomic E-state index is 0.00543. The average molecular weight is 834 g/mol. The van der Waals surface area contributed by atoms with Crippen molar-refractivity contribution in [2.24, 2.45) is 0 Å². The van der Waals surface area contributed by atoms with Crippen LogP contribution in [0, 0.1) is 0 Å². The first kappa shape index (κ1) is 57.6. The third-order valence-electron chi connectivity index (χ3n) is 12.3. The fourth-order valence-corrected chi connectivity index (χ4v) is 8.22. The molecule has 0 radical (unpaired) electrons. The predicted octanol–water partition coefficient (Wildman–Crippen LogP) is 15.7. The minimum atomic E-state index is -0.667. The Morgan fingerprint density at radius 2 is 0.797 bits per heavy atom. The van der Waals surface area contributed by atoms with E-state index in [1.807, 2.05) is 0 Å². The molecule has 0 rings (SSSR count). The molecule has 1 amide bonds. The summed E-state index contributed by atoms with van der Waals surface area (Å²) in [5.41, 5.74) is 0. The van der Waals surface area contributed by atoms with Crippen molar-refractivity contribution in [1.29, 1.82) is 0 Å². The molecule has 0 saturated carbocycles. The Bertz CT molecular complexity index is 878. The molecule has 0 bridgehead atoms. The number of carbonyl (C=O) groups excluding carboxylic acids is 2. The molecule has 3 N–H and O–H groups in total. The van der Waals surface area contributed by atoms with Crippen LogP contribution in [0.15, 0.2) is 12.2 Å². The van der Waals surface area contributed by atoms with E-state index in [0.29, 0.717) is 25.9 Å². The van der Waals surface area contributed by atoms with E-state index in [-0.39, 0.29) is 18.5 Å². The van der Waals surface area contributed by atoms with Crippen molar-refractivity contribution in [2.75, 3.05) is 13.2 Å². The van der Waals surface area contributed by atoms with Crippen LogP contribution in [0.1, 0.15) is 290 Å². The van der Waals surface area contributed by atoms with Gasteiger partial charge in [-0.1, -0.05) is 238 Å². The Labute approximate surface area is 368 Å². The molecule has 0 aliphatic carbocycles. The lowest BCUT2D eigenvalue weighted by molar-refractivity contribution is -0.143. The molecule has 2 unspecified atom stereocenters. The van der Waals surface area contributed by atoms with Crippen LogP contribution in [0.2, 0.25) is 0 Å². The molecular formula is C53H103NO5. The van der Waals surface area contributed by atoms with Gasteiger partial charge in [-0.2, -0.15) is 0 Å². The zero-order valence-corrected chi connectivity index (χ0v) is 39.7. The molecule has 0 aromatic carbocycles. The fraction of sp³-hybridized carbons (Fsp3) is 0.925. The maximum absolute atomic E-state index is 12.4. The Morgan fingerprint density at radius 3 is 1.20 bits per heavy atom. The lowest BCUT2D eigenvalue weighted by Crippen LogP contribution is -2.45. The number of carbonyl (C=O) groups is 2. The van der Waals surface area contributed by atoms with Crippen molar-refractivity contribution in [1.82, 2.24) is 5.32 Å². The monoisotopic (exact) mass is 834 g/mol. The van der Waals surface area contributed by atoms with Crippen LogP contribution < -0.4 is 5.32 Å². The van der Waals surface area contributed by atoms with Crippen molar-refractivity contribution >= 4 is 11.9 Å². The van der Waals surface area contributed by atoms with Crippen LogP contribution in [0.25, 0.3) is 0 Å². The van der Waals surface area contributed by atoms with E-state index in [9.17, 15) is 19.8 Å². The Morgan fingerprint density at radius 1 is 0.458 bits per heavy atom. The molecule has 6 nitrogen and oxygen atoms in total. The third kappa shape index (κ3) is 45.9. The number of hydrogen-bond acceptors (Lipinski definition) is 5. The number of nitrogens with one attached hydrogen (secondary N) is 1. The van der Waals surface area contributed by atoms with Gasteiger partial charge in [-0.05, 0) is 51.4 Å². The largest absolute Gasteiger partial charge is 0.466 e. The summed E-state index contributed by atoms with van der Waals surface area (Å²) in [4.78, 5) is 24.4. The van der Waals surface area contributed by atoms with Gasteiger partial charge in [-0.15, -0.1) is 0 Å². The maximum atomic E-state index is 12.4. The topological polar surface area (TPSA) is 95.9 Å². The molecule has 0 aromatic heterocycles. The van der Waals surface area contributed by atoms with Gasteiger partial charge in [-0.3, -0.25) is 9.59 Å². The molecule has 0 aromatic rings. The molecule has 6 heteroatoms. The number of allylic oxidation sites excluding steroid dienone is 2. The molecule has 0 heterocycles. The lowest BCUT2D eigenvalue weighted by atomic mass is 10.0. The summed E-state index contributed by atoms with van der Waals surface area (Å²) in [6.07, 6.45) is 56.2. The Balaban J connectivity index is 3.41. The second-order valence-corrected chi connectivity index (χ2v) is 18.2. The molecule has 0 aliphatic rings. The normalized spacial score (nSPS) is 12.7. The van der Waals surface area contributed by atoms with Crippen LogP contribution in [0.3, 0.4) is 0 Å². The van der Waals surface area contributed by atoms with Crippen molar-refractivity contribution in [2.45, 2.75) is 302 Å². The van der Waals surface area contributed by atoms with Crippen molar-refractivity contribution in [3.63, 3.8) is 0 Å². The van der Waals surface area contributed by atoms with E-state index in [0.717, 1.165) is 38.5 Å². The van der Waals surface area contributed by atoms with Gasteiger partial charge in [-0.25, -0.2) is 0 Å². The second-order valence-electron chi connectivity index (χ2n) is 18.2. The average Bonchev–Trinajstić information content (AvgIpc) is 3.24. The highest BCUT2D eigenvalue weighted by molar-refractivity contribution is 5.76. The lowest BCUT2D eigenvalue weighted by Gasteiger charge is -2.22. The third-order valence-corrected chi connectivity index (χ3v) is 12.3. The van der Waals surface area contributed by atoms with Gasteiger partial charge in [0.05, 0.1) is 25.4 Å². The summed E-state index contributed by atoms with van der Waals surface area (Å²) in [5.74, 6) is -0.0404. The number of hydrogen-bond donors (Lipinski definition) is 3. The van der Waals surface area contributed by atoms with Gasteiger partial charge >= 0.3 is 5.97 Å². The van der Waals surface area contributed by atoms with Crippen molar-refractivity contribution in [3.8, 4) is 0 Å². The van der Waals surface area contributed by atoms with E-state index < -0.39 is 12.1 Å². The first-order chi connectivity index (χ1) is 29.0. The van der Waals surface area contributed by atoms with Gasteiger partial charge < -0.3 is 20.3 Å². The van der Waals surface area contributed by atoms with Crippen LogP contribution in [0.5, 0.6) is 0 Å². The molecule has 59 heavy (non-hydrogen) atoms. The molecule has 350 valence electrons. The summed E-state index contributed by atoms with van der Waals surface area (Å²) in [6.45, 7) is 4.93. The van der Waals surface area contributed by atoms with Crippen LogP contribution in [-0.2, 0) is 14.3 Å². The summed E-state index contributed by atoms with van der Waals surface area (Å²) >= 11 is 0. The van der Waals surface area contributed by atoms with E-state index in [4.69, 9.17) is 4.74 Å². The minimum Gasteiger partial charge on any atom is -0.466 e. The smallest absolute Gasteiger partial charge is 0.305 e. The molecule has 2 atom stereocenters. The van der Waals surface area contributed by atoms with Crippen molar-refractivity contribution in [3.05, 3.63) is 12.2 Å². The fourth-order valence-electron chi connectivity index (χ4n) is 8.22. The van der Waals surface area contributed by atoms with Gasteiger partial charge in [0.2, 0.25) is 5.91 Å². The van der Waals surface area contributed by atoms with Gasteiger partial charge in [0, 0.05) is 12.8 Å². The predicted molar refractivity (Wildman–Crippen MR) is 255 cm³/mol. The van der Waals surface area contributed by atoms with Gasteiger partial charge in [0.1, 0.15) is 0 Å². The maximum Gasteiger partial charge on any atom is 0.305 e. The molecule has 0 saturated heterocycles. The second kappa shape index (κ2) is 49.3. The number of ether oxygens (including phenoxy) is 1. The first-order valence-electron chi connectivity index (χ1n) is 26.4. The quantitative estimate of drug-likeness (QED) is 0.0322. The van der Waals surface area contributed by atoms with Crippen molar-refractivity contribution < 1.29 is 24.5 Å². The Hall–Kier alpha value is -1.40. The van der Waals surface area contributed by atoms with E-state index >= 15 is 0 Å². The van der Waals surface area contributed by atoms with Crippen LogP contribution in [-0.4, -0.2) is 47.4 Å². The Kier molecular flexibility index (Phi) is 48.1. The van der Waals surface area contributed by atoms with Gasteiger partial charge in [0.15, 0.2) is 0 Å². The van der Waals surface area contributed by atoms with E-state index in [1.165, 1.54) is 218 Å². The molecule has 0 aliphatic heterocycles. The molecule has 0 spiro atoms. The van der Waals surface area contributed by atoms with Crippen LogP contribution >= 0.6 is 0 Å².